The van der Waals surface area contributed by atoms with E-state index in [0.717, 1.165) is 18.9 Å². The molecule has 20 heavy (non-hydrogen) atoms. The Kier molecular flexibility index (Phi) is 4.42. The van der Waals surface area contributed by atoms with Crippen molar-refractivity contribution >= 4 is 16.0 Å². The Balaban J connectivity index is 2.22. The van der Waals surface area contributed by atoms with Gasteiger partial charge in [0, 0.05) is 12.6 Å². The molecule has 1 aliphatic rings. The van der Waals surface area contributed by atoms with Gasteiger partial charge in [-0.25, -0.2) is 17.9 Å². The molecule has 0 aliphatic heterocycles. The number of hydrogen-bond donors (Lipinski definition) is 3. The van der Waals surface area contributed by atoms with Crippen molar-refractivity contribution in [3.63, 3.8) is 0 Å². The summed E-state index contributed by atoms with van der Waals surface area (Å²) in [5, 5.41) is 18.1. The first-order valence-electron chi connectivity index (χ1n) is 6.40. The number of hydrogen-bond acceptors (Lipinski definition) is 4. The fourth-order valence-corrected chi connectivity index (χ4v) is 3.86. The van der Waals surface area contributed by atoms with Crippen LogP contribution in [0.15, 0.2) is 29.2 Å². The number of nitrogens with one attached hydrogen (secondary N) is 1. The Morgan fingerprint density at radius 3 is 2.75 bits per heavy atom. The molecule has 0 radical (unpaired) electrons. The van der Waals surface area contributed by atoms with E-state index in [1.54, 1.807) is 0 Å². The third-order valence-corrected chi connectivity index (χ3v) is 5.08. The van der Waals surface area contributed by atoms with Crippen LogP contribution in [0.4, 0.5) is 0 Å². The van der Waals surface area contributed by atoms with E-state index in [0.29, 0.717) is 6.42 Å². The second kappa shape index (κ2) is 5.90. The van der Waals surface area contributed by atoms with Crippen LogP contribution in [-0.2, 0) is 10.0 Å². The van der Waals surface area contributed by atoms with Crippen LogP contribution in [0.3, 0.4) is 0 Å². The van der Waals surface area contributed by atoms with Crippen molar-refractivity contribution in [3.8, 4) is 0 Å². The van der Waals surface area contributed by atoms with Crippen LogP contribution in [0.2, 0.25) is 0 Å². The molecule has 1 aromatic carbocycles. The van der Waals surface area contributed by atoms with Crippen LogP contribution in [0, 0.1) is 5.92 Å². The highest BCUT2D eigenvalue weighted by molar-refractivity contribution is 7.89. The summed E-state index contributed by atoms with van der Waals surface area (Å²) >= 11 is 0. The Hall–Kier alpha value is -1.44. The molecule has 0 aromatic heterocycles. The van der Waals surface area contributed by atoms with E-state index in [4.69, 9.17) is 5.11 Å². The molecular weight excluding hydrogens is 282 g/mol. The van der Waals surface area contributed by atoms with E-state index in [-0.39, 0.29) is 29.0 Å². The smallest absolute Gasteiger partial charge is 0.335 e. The molecule has 1 aliphatic carbocycles. The predicted octanol–water partition coefficient (Wildman–Crippen LogP) is 0.824. The predicted molar refractivity (Wildman–Crippen MR) is 71.9 cm³/mol. The first-order valence-corrected chi connectivity index (χ1v) is 7.89. The molecule has 1 aromatic rings. The van der Waals surface area contributed by atoms with Crippen molar-refractivity contribution in [2.75, 3.05) is 6.61 Å². The molecule has 7 heteroatoms. The lowest BCUT2D eigenvalue weighted by molar-refractivity contribution is 0.0696. The largest absolute Gasteiger partial charge is 0.478 e. The van der Waals surface area contributed by atoms with E-state index in [9.17, 15) is 18.3 Å². The highest BCUT2D eigenvalue weighted by Crippen LogP contribution is 2.26. The quantitative estimate of drug-likeness (QED) is 0.747. The van der Waals surface area contributed by atoms with Gasteiger partial charge in [0.05, 0.1) is 10.5 Å². The highest BCUT2D eigenvalue weighted by atomic mass is 32.2. The summed E-state index contributed by atoms with van der Waals surface area (Å²) < 4.78 is 27.0. The topological polar surface area (TPSA) is 104 Å². The van der Waals surface area contributed by atoms with Crippen molar-refractivity contribution < 1.29 is 23.4 Å². The number of aliphatic hydroxyl groups is 1. The number of aliphatic hydroxyl groups excluding tert-OH is 1. The van der Waals surface area contributed by atoms with Crippen molar-refractivity contribution in [2.45, 2.75) is 30.2 Å². The molecular formula is C13H17NO5S. The van der Waals surface area contributed by atoms with Gasteiger partial charge in [0.25, 0.3) is 0 Å². The Labute approximate surface area is 117 Å². The third-order valence-electron chi connectivity index (χ3n) is 3.59. The van der Waals surface area contributed by atoms with Crippen molar-refractivity contribution in [1.82, 2.24) is 4.72 Å². The van der Waals surface area contributed by atoms with Gasteiger partial charge in [0.2, 0.25) is 10.0 Å². The van der Waals surface area contributed by atoms with Crippen LogP contribution in [-0.4, -0.2) is 37.2 Å². The summed E-state index contributed by atoms with van der Waals surface area (Å²) in [7, 11) is -3.77. The fraction of sp³-hybridized carbons (Fsp3) is 0.462. The first-order chi connectivity index (χ1) is 9.44. The number of carboxylic acid groups (broad SMARTS) is 1. The monoisotopic (exact) mass is 299 g/mol. The minimum Gasteiger partial charge on any atom is -0.478 e. The molecule has 2 rings (SSSR count). The van der Waals surface area contributed by atoms with Gasteiger partial charge in [0.1, 0.15) is 0 Å². The van der Waals surface area contributed by atoms with Gasteiger partial charge in [-0.15, -0.1) is 0 Å². The Morgan fingerprint density at radius 2 is 2.10 bits per heavy atom. The zero-order valence-corrected chi connectivity index (χ0v) is 11.6. The average Bonchev–Trinajstić information content (AvgIpc) is 2.85. The van der Waals surface area contributed by atoms with E-state index >= 15 is 0 Å². The van der Waals surface area contributed by atoms with E-state index in [2.05, 4.69) is 4.72 Å². The number of carboxylic acids is 1. The van der Waals surface area contributed by atoms with Gasteiger partial charge < -0.3 is 10.2 Å². The Morgan fingerprint density at radius 1 is 1.35 bits per heavy atom. The molecule has 0 bridgehead atoms. The van der Waals surface area contributed by atoms with Gasteiger partial charge in [-0.2, -0.15) is 0 Å². The maximum atomic E-state index is 12.2. The number of carbonyl (C=O) groups is 1. The van der Waals surface area contributed by atoms with Crippen molar-refractivity contribution in [3.05, 3.63) is 29.8 Å². The summed E-state index contributed by atoms with van der Waals surface area (Å²) in [5.41, 5.74) is -0.0713. The van der Waals surface area contributed by atoms with Gasteiger partial charge in [-0.3, -0.25) is 0 Å². The van der Waals surface area contributed by atoms with Gasteiger partial charge in [-0.05, 0) is 37.0 Å². The first kappa shape index (κ1) is 15.0. The van der Waals surface area contributed by atoms with Crippen LogP contribution < -0.4 is 4.72 Å². The molecule has 0 spiro atoms. The number of rotatable bonds is 5. The maximum absolute atomic E-state index is 12.2. The van der Waals surface area contributed by atoms with Gasteiger partial charge >= 0.3 is 5.97 Å². The van der Waals surface area contributed by atoms with Crippen LogP contribution >= 0.6 is 0 Å². The molecule has 3 N–H and O–H groups in total. The molecule has 0 heterocycles. The standard InChI is InChI=1S/C13H17NO5S/c15-8-10-4-2-6-12(10)14-20(18,19)11-5-1-3-9(7-11)13(16)17/h1,3,5,7,10,12,14-15H,2,4,6,8H2,(H,16,17). The van der Waals surface area contributed by atoms with E-state index in [1.807, 2.05) is 0 Å². The SMILES string of the molecule is O=C(O)c1cccc(S(=O)(=O)NC2CCCC2CO)c1. The number of benzene rings is 1. The number of aromatic carboxylic acids is 1. The molecule has 2 unspecified atom stereocenters. The van der Waals surface area contributed by atoms with Crippen LogP contribution in [0.1, 0.15) is 29.6 Å². The Bertz CT molecular complexity index is 599. The molecule has 0 amide bonds. The van der Waals surface area contributed by atoms with Crippen molar-refractivity contribution in [2.24, 2.45) is 5.92 Å². The highest BCUT2D eigenvalue weighted by Gasteiger charge is 2.30. The molecule has 1 saturated carbocycles. The fourth-order valence-electron chi connectivity index (χ4n) is 2.47. The lowest BCUT2D eigenvalue weighted by Crippen LogP contribution is -2.38. The average molecular weight is 299 g/mol. The lowest BCUT2D eigenvalue weighted by Gasteiger charge is -2.19. The summed E-state index contributed by atoms with van der Waals surface area (Å²) in [5.74, 6) is -1.25. The molecule has 2 atom stereocenters. The zero-order chi connectivity index (χ0) is 14.8. The summed E-state index contributed by atoms with van der Waals surface area (Å²) in [4.78, 5) is 10.8. The summed E-state index contributed by atoms with van der Waals surface area (Å²) in [6.45, 7) is -0.0532. The van der Waals surface area contributed by atoms with E-state index in [1.165, 1.54) is 18.2 Å². The molecule has 110 valence electrons. The normalized spacial score (nSPS) is 22.9. The second-order valence-corrected chi connectivity index (χ2v) is 6.65. The summed E-state index contributed by atoms with van der Waals surface area (Å²) in [6, 6.07) is 4.94. The minimum absolute atomic E-state index is 0.0532. The molecule has 1 fully saturated rings. The minimum atomic E-state index is -3.77. The van der Waals surface area contributed by atoms with Crippen LogP contribution in [0.5, 0.6) is 0 Å². The van der Waals surface area contributed by atoms with Gasteiger partial charge in [-0.1, -0.05) is 12.5 Å². The van der Waals surface area contributed by atoms with Crippen molar-refractivity contribution in [1.29, 1.82) is 0 Å². The zero-order valence-electron chi connectivity index (χ0n) is 10.8. The lowest BCUT2D eigenvalue weighted by atomic mass is 10.1. The number of sulfonamides is 1. The molecule has 6 nitrogen and oxygen atoms in total. The second-order valence-electron chi connectivity index (χ2n) is 4.93. The van der Waals surface area contributed by atoms with Gasteiger partial charge in [0.15, 0.2) is 0 Å². The van der Waals surface area contributed by atoms with Crippen LogP contribution in [0.25, 0.3) is 0 Å². The van der Waals surface area contributed by atoms with E-state index < -0.39 is 16.0 Å². The maximum Gasteiger partial charge on any atom is 0.335 e. The third kappa shape index (κ3) is 3.17. The molecule has 0 saturated heterocycles. The summed E-state index contributed by atoms with van der Waals surface area (Å²) in [6.07, 6.45) is 2.34.